The van der Waals surface area contributed by atoms with Crippen LogP contribution in [0.5, 0.6) is 0 Å². The number of carboxylic acids is 1. The van der Waals surface area contributed by atoms with Gasteiger partial charge in [-0.1, -0.05) is 0 Å². The first-order chi connectivity index (χ1) is 7.00. The average molecular weight is 215 g/mol. The highest BCUT2D eigenvalue weighted by Crippen LogP contribution is 2.15. The molecule has 2 unspecified atom stereocenters. The molecule has 6 heteroatoms. The molecule has 1 saturated heterocycles. The lowest BCUT2D eigenvalue weighted by molar-refractivity contribution is -0.139. The van der Waals surface area contributed by atoms with E-state index >= 15 is 0 Å². The number of carbonyl (C=O) groups excluding carboxylic acids is 1. The van der Waals surface area contributed by atoms with Gasteiger partial charge in [0.1, 0.15) is 6.04 Å². The van der Waals surface area contributed by atoms with E-state index in [1.165, 1.54) is 0 Å². The monoisotopic (exact) mass is 215 g/mol. The van der Waals surface area contributed by atoms with Gasteiger partial charge < -0.3 is 21.5 Å². The summed E-state index contributed by atoms with van der Waals surface area (Å²) >= 11 is 0. The minimum absolute atomic E-state index is 0.167. The third kappa shape index (κ3) is 3.49. The van der Waals surface area contributed by atoms with Crippen LogP contribution in [0.3, 0.4) is 0 Å². The SMILES string of the molecule is NC(=O)C1CCCN(CC(N)C(=O)O)C1. The van der Waals surface area contributed by atoms with Gasteiger partial charge in [-0.2, -0.15) is 0 Å². The Hall–Kier alpha value is -1.14. The Kier molecular flexibility index (Phi) is 4.05. The predicted molar refractivity (Wildman–Crippen MR) is 54.0 cm³/mol. The number of amides is 1. The van der Waals surface area contributed by atoms with Crippen molar-refractivity contribution in [1.29, 1.82) is 0 Å². The van der Waals surface area contributed by atoms with Crippen LogP contribution in [0.25, 0.3) is 0 Å². The van der Waals surface area contributed by atoms with E-state index in [0.717, 1.165) is 19.4 Å². The number of aliphatic carboxylic acids is 1. The first kappa shape index (κ1) is 11.9. The molecule has 2 atom stereocenters. The van der Waals surface area contributed by atoms with Crippen molar-refractivity contribution in [2.75, 3.05) is 19.6 Å². The third-order valence-electron chi connectivity index (χ3n) is 2.68. The molecule has 0 aliphatic carbocycles. The van der Waals surface area contributed by atoms with Crippen LogP contribution in [0.15, 0.2) is 0 Å². The summed E-state index contributed by atoms with van der Waals surface area (Å²) in [4.78, 5) is 23.4. The van der Waals surface area contributed by atoms with E-state index in [9.17, 15) is 9.59 Å². The van der Waals surface area contributed by atoms with Gasteiger partial charge in [0.2, 0.25) is 5.91 Å². The summed E-state index contributed by atoms with van der Waals surface area (Å²) in [5.74, 6) is -1.50. The van der Waals surface area contributed by atoms with Crippen molar-refractivity contribution in [1.82, 2.24) is 4.90 Å². The number of hydrogen-bond donors (Lipinski definition) is 3. The third-order valence-corrected chi connectivity index (χ3v) is 2.68. The van der Waals surface area contributed by atoms with Crippen molar-refractivity contribution in [3.05, 3.63) is 0 Å². The summed E-state index contributed by atoms with van der Waals surface area (Å²) in [6, 6.07) is -0.892. The second kappa shape index (κ2) is 5.09. The van der Waals surface area contributed by atoms with Crippen LogP contribution >= 0.6 is 0 Å². The quantitative estimate of drug-likeness (QED) is 0.534. The number of nitrogens with zero attached hydrogens (tertiary/aromatic N) is 1. The number of carbonyl (C=O) groups is 2. The molecule has 1 aliphatic heterocycles. The largest absolute Gasteiger partial charge is 0.480 e. The van der Waals surface area contributed by atoms with Crippen LogP contribution in [0.1, 0.15) is 12.8 Å². The summed E-state index contributed by atoms with van der Waals surface area (Å²) in [6.07, 6.45) is 1.65. The normalized spacial score (nSPS) is 24.7. The van der Waals surface area contributed by atoms with E-state index in [1.54, 1.807) is 0 Å². The Bertz CT molecular complexity index is 255. The van der Waals surface area contributed by atoms with Gasteiger partial charge in [-0.15, -0.1) is 0 Å². The van der Waals surface area contributed by atoms with Gasteiger partial charge in [-0.05, 0) is 19.4 Å². The molecule has 0 saturated carbocycles. The van der Waals surface area contributed by atoms with Gasteiger partial charge >= 0.3 is 5.97 Å². The van der Waals surface area contributed by atoms with Crippen molar-refractivity contribution in [3.8, 4) is 0 Å². The number of primary amides is 1. The molecule has 15 heavy (non-hydrogen) atoms. The molecule has 0 bridgehead atoms. The van der Waals surface area contributed by atoms with Gasteiger partial charge in [-0.25, -0.2) is 0 Å². The summed E-state index contributed by atoms with van der Waals surface area (Å²) < 4.78 is 0. The average Bonchev–Trinajstić information content (AvgIpc) is 2.18. The van der Waals surface area contributed by atoms with Crippen LogP contribution in [-0.4, -0.2) is 47.6 Å². The number of hydrogen-bond acceptors (Lipinski definition) is 4. The first-order valence-corrected chi connectivity index (χ1v) is 5.00. The maximum Gasteiger partial charge on any atom is 0.321 e. The standard InChI is InChI=1S/C9H17N3O3/c10-7(9(14)15)5-12-3-1-2-6(4-12)8(11)13/h6-7H,1-5,10H2,(H2,11,13)(H,14,15). The van der Waals surface area contributed by atoms with E-state index in [4.69, 9.17) is 16.6 Å². The van der Waals surface area contributed by atoms with Crippen LogP contribution in [0.4, 0.5) is 0 Å². The zero-order valence-corrected chi connectivity index (χ0v) is 8.56. The zero-order valence-electron chi connectivity index (χ0n) is 8.56. The summed E-state index contributed by atoms with van der Waals surface area (Å²) in [5.41, 5.74) is 10.6. The molecule has 1 aliphatic rings. The van der Waals surface area contributed by atoms with Crippen molar-refractivity contribution < 1.29 is 14.7 Å². The van der Waals surface area contributed by atoms with E-state index in [1.807, 2.05) is 4.90 Å². The molecule has 1 amide bonds. The maximum absolute atomic E-state index is 11.0. The zero-order chi connectivity index (χ0) is 11.4. The fraction of sp³-hybridized carbons (Fsp3) is 0.778. The second-order valence-electron chi connectivity index (χ2n) is 3.95. The van der Waals surface area contributed by atoms with E-state index in [2.05, 4.69) is 0 Å². The minimum atomic E-state index is -1.02. The van der Waals surface area contributed by atoms with Crippen LogP contribution in [0.2, 0.25) is 0 Å². The van der Waals surface area contributed by atoms with Gasteiger partial charge in [0.15, 0.2) is 0 Å². The number of nitrogens with two attached hydrogens (primary N) is 2. The predicted octanol–water partition coefficient (Wildman–Crippen LogP) is -1.40. The molecule has 0 aromatic rings. The topological polar surface area (TPSA) is 110 Å². The number of carboxylic acid groups (broad SMARTS) is 1. The number of likely N-dealkylation sites (tertiary alicyclic amines) is 1. The smallest absolute Gasteiger partial charge is 0.321 e. The van der Waals surface area contributed by atoms with Gasteiger partial charge in [0.05, 0.1) is 5.92 Å². The molecule has 0 radical (unpaired) electrons. The lowest BCUT2D eigenvalue weighted by Crippen LogP contribution is -2.48. The molecule has 1 heterocycles. The minimum Gasteiger partial charge on any atom is -0.480 e. The summed E-state index contributed by atoms with van der Waals surface area (Å²) in [6.45, 7) is 1.58. The van der Waals surface area contributed by atoms with Crippen molar-refractivity contribution in [3.63, 3.8) is 0 Å². The Morgan fingerprint density at radius 2 is 2.20 bits per heavy atom. The van der Waals surface area contributed by atoms with Crippen molar-refractivity contribution >= 4 is 11.9 Å². The summed E-state index contributed by atoms with van der Waals surface area (Å²) in [5, 5.41) is 8.64. The van der Waals surface area contributed by atoms with Gasteiger partial charge in [0, 0.05) is 13.1 Å². The highest BCUT2D eigenvalue weighted by molar-refractivity contribution is 5.77. The molecule has 6 nitrogen and oxygen atoms in total. The lowest BCUT2D eigenvalue weighted by atomic mass is 9.97. The molecule has 86 valence electrons. The van der Waals surface area contributed by atoms with E-state index in [-0.39, 0.29) is 18.4 Å². The molecule has 0 spiro atoms. The fourth-order valence-electron chi connectivity index (χ4n) is 1.81. The fourth-order valence-corrected chi connectivity index (χ4v) is 1.81. The van der Waals surface area contributed by atoms with Crippen molar-refractivity contribution in [2.45, 2.75) is 18.9 Å². The van der Waals surface area contributed by atoms with Crippen LogP contribution < -0.4 is 11.5 Å². The van der Waals surface area contributed by atoms with E-state index in [0.29, 0.717) is 6.54 Å². The van der Waals surface area contributed by atoms with Gasteiger partial charge in [0.25, 0.3) is 0 Å². The second-order valence-corrected chi connectivity index (χ2v) is 3.95. The molecule has 1 rings (SSSR count). The Balaban J connectivity index is 2.43. The molecular weight excluding hydrogens is 198 g/mol. The maximum atomic E-state index is 11.0. The molecular formula is C9H17N3O3. The lowest BCUT2D eigenvalue weighted by Gasteiger charge is -2.31. The molecule has 0 aromatic heterocycles. The Morgan fingerprint density at radius 1 is 1.53 bits per heavy atom. The molecule has 0 aromatic carbocycles. The van der Waals surface area contributed by atoms with E-state index < -0.39 is 12.0 Å². The number of piperidine rings is 1. The van der Waals surface area contributed by atoms with Crippen molar-refractivity contribution in [2.24, 2.45) is 17.4 Å². The van der Waals surface area contributed by atoms with Gasteiger partial charge in [-0.3, -0.25) is 9.59 Å². The Labute approximate surface area is 88.2 Å². The first-order valence-electron chi connectivity index (χ1n) is 5.00. The summed E-state index contributed by atoms with van der Waals surface area (Å²) in [7, 11) is 0. The number of rotatable bonds is 4. The van der Waals surface area contributed by atoms with Crippen LogP contribution in [-0.2, 0) is 9.59 Å². The highest BCUT2D eigenvalue weighted by Gasteiger charge is 2.26. The molecule has 1 fully saturated rings. The molecule has 5 N–H and O–H groups in total. The highest BCUT2D eigenvalue weighted by atomic mass is 16.4. The van der Waals surface area contributed by atoms with Crippen LogP contribution in [0, 0.1) is 5.92 Å². The Morgan fingerprint density at radius 3 is 2.73 bits per heavy atom.